The fourth-order valence-corrected chi connectivity index (χ4v) is 2.80. The summed E-state index contributed by atoms with van der Waals surface area (Å²) >= 11 is 4.29. The van der Waals surface area contributed by atoms with E-state index in [2.05, 4.69) is 48.8 Å². The molecule has 0 spiro atoms. The lowest BCUT2D eigenvalue weighted by atomic mass is 10.1. The fourth-order valence-electron chi connectivity index (χ4n) is 2.59. The van der Waals surface area contributed by atoms with Crippen LogP contribution in [0.2, 0.25) is 0 Å². The van der Waals surface area contributed by atoms with Crippen LogP contribution in [0.5, 0.6) is 0 Å². The van der Waals surface area contributed by atoms with Gasteiger partial charge in [0.1, 0.15) is 11.6 Å². The second kappa shape index (κ2) is 7.01. The highest BCUT2D eigenvalue weighted by molar-refractivity contribution is 7.79. The van der Waals surface area contributed by atoms with Gasteiger partial charge in [-0.15, -0.1) is 0 Å². The van der Waals surface area contributed by atoms with Gasteiger partial charge in [-0.05, 0) is 36.2 Å². The van der Waals surface area contributed by atoms with Crippen molar-refractivity contribution >= 4 is 12.6 Å². The Morgan fingerprint density at radius 1 is 1.00 bits per heavy atom. The van der Waals surface area contributed by atoms with Gasteiger partial charge in [-0.1, -0.05) is 37.6 Å². The van der Waals surface area contributed by atoms with Crippen LogP contribution in [0.4, 0.5) is 4.39 Å². The number of nitrogens with one attached hydrogen (secondary N) is 1. The van der Waals surface area contributed by atoms with Gasteiger partial charge < -0.3 is 4.98 Å². The maximum absolute atomic E-state index is 13.1. The molecule has 0 radical (unpaired) electrons. The molecule has 23 heavy (non-hydrogen) atoms. The minimum absolute atomic E-state index is 0.239. The Bertz CT molecular complexity index is 776. The van der Waals surface area contributed by atoms with Crippen molar-refractivity contribution in [3.63, 3.8) is 0 Å². The molecule has 3 aromatic rings. The van der Waals surface area contributed by atoms with Gasteiger partial charge in [-0.2, -0.15) is 12.6 Å². The molecule has 3 rings (SSSR count). The number of nitrogens with zero attached hydrogens (tertiary/aromatic N) is 1. The zero-order chi connectivity index (χ0) is 16.2. The van der Waals surface area contributed by atoms with Gasteiger partial charge in [0.05, 0.1) is 5.69 Å². The Hall–Kier alpha value is -2.07. The molecule has 4 heteroatoms. The molecule has 1 N–H and O–H groups in total. The van der Waals surface area contributed by atoms with Crippen LogP contribution >= 0.6 is 12.6 Å². The van der Waals surface area contributed by atoms with E-state index in [1.807, 2.05) is 0 Å². The second-order valence-corrected chi connectivity index (χ2v) is 5.84. The molecule has 1 aromatic heterocycles. The highest BCUT2D eigenvalue weighted by atomic mass is 32.1. The van der Waals surface area contributed by atoms with Crippen LogP contribution in [-0.2, 0) is 12.2 Å². The van der Waals surface area contributed by atoms with E-state index >= 15 is 0 Å². The predicted octanol–water partition coefficient (Wildman–Crippen LogP) is 5.27. The van der Waals surface area contributed by atoms with E-state index in [1.165, 1.54) is 17.7 Å². The summed E-state index contributed by atoms with van der Waals surface area (Å²) in [6.07, 6.45) is 1.96. The number of hydrogen-bond donors (Lipinski definition) is 2. The highest BCUT2D eigenvalue weighted by Crippen LogP contribution is 2.27. The first-order chi connectivity index (χ1) is 11.2. The number of thiol groups is 1. The molecule has 0 atom stereocenters. The summed E-state index contributed by atoms with van der Waals surface area (Å²) in [6, 6.07) is 14.7. The third kappa shape index (κ3) is 3.48. The average Bonchev–Trinajstić information content (AvgIpc) is 3.00. The lowest BCUT2D eigenvalue weighted by molar-refractivity contribution is 0.628. The molecule has 0 amide bonds. The Morgan fingerprint density at radius 2 is 1.65 bits per heavy atom. The number of imidazole rings is 1. The lowest BCUT2D eigenvalue weighted by Crippen LogP contribution is -1.88. The van der Waals surface area contributed by atoms with Gasteiger partial charge in [-0.3, -0.25) is 0 Å². The van der Waals surface area contributed by atoms with Gasteiger partial charge in [0, 0.05) is 22.6 Å². The van der Waals surface area contributed by atoms with Crippen LogP contribution in [0.1, 0.15) is 24.6 Å². The van der Waals surface area contributed by atoms with Crippen molar-refractivity contribution in [2.24, 2.45) is 0 Å². The Balaban J connectivity index is 2.02. The molecule has 0 aliphatic heterocycles. The largest absolute Gasteiger partial charge is 0.341 e. The second-order valence-electron chi connectivity index (χ2n) is 5.52. The maximum Gasteiger partial charge on any atom is 0.138 e. The molecule has 0 aliphatic rings. The minimum atomic E-state index is -0.239. The summed E-state index contributed by atoms with van der Waals surface area (Å²) in [6.45, 7) is 2.15. The first-order valence-corrected chi connectivity index (χ1v) is 8.39. The molecule has 0 saturated heterocycles. The molecule has 0 saturated carbocycles. The normalized spacial score (nSPS) is 10.9. The molecular weight excluding hydrogens is 307 g/mol. The molecule has 1 heterocycles. The Morgan fingerprint density at radius 3 is 2.26 bits per heavy atom. The van der Waals surface area contributed by atoms with Gasteiger partial charge in [-0.25, -0.2) is 9.37 Å². The Kier molecular flexibility index (Phi) is 4.82. The first kappa shape index (κ1) is 15.8. The van der Waals surface area contributed by atoms with Crippen LogP contribution in [0.25, 0.3) is 22.6 Å². The van der Waals surface area contributed by atoms with Crippen molar-refractivity contribution in [3.8, 4) is 22.6 Å². The fraction of sp³-hybridized carbons (Fsp3) is 0.211. The number of hydrogen-bond acceptors (Lipinski definition) is 2. The van der Waals surface area contributed by atoms with Crippen LogP contribution in [0, 0.1) is 5.82 Å². The zero-order valence-electron chi connectivity index (χ0n) is 13.0. The summed E-state index contributed by atoms with van der Waals surface area (Å²) in [7, 11) is 0. The van der Waals surface area contributed by atoms with Crippen molar-refractivity contribution in [2.45, 2.75) is 25.5 Å². The van der Waals surface area contributed by atoms with Crippen LogP contribution in [0.3, 0.4) is 0 Å². The van der Waals surface area contributed by atoms with E-state index in [1.54, 1.807) is 12.1 Å². The van der Waals surface area contributed by atoms with E-state index in [4.69, 9.17) is 4.98 Å². The van der Waals surface area contributed by atoms with E-state index < -0.39 is 0 Å². The number of H-pyrrole nitrogens is 1. The third-order valence-corrected chi connectivity index (χ3v) is 4.17. The van der Waals surface area contributed by atoms with Crippen molar-refractivity contribution in [2.75, 3.05) is 0 Å². The molecule has 118 valence electrons. The van der Waals surface area contributed by atoms with Gasteiger partial charge >= 0.3 is 0 Å². The summed E-state index contributed by atoms with van der Waals surface area (Å²) in [5.74, 6) is 1.27. The number of aromatic nitrogens is 2. The van der Waals surface area contributed by atoms with Gasteiger partial charge in [0.15, 0.2) is 0 Å². The van der Waals surface area contributed by atoms with Crippen molar-refractivity contribution in [1.82, 2.24) is 9.97 Å². The van der Waals surface area contributed by atoms with Crippen molar-refractivity contribution in [1.29, 1.82) is 0 Å². The SMILES string of the molecule is CCCc1[nH]c(-c2ccc(F)cc2)nc1-c1ccc(CS)cc1. The predicted molar refractivity (Wildman–Crippen MR) is 96.1 cm³/mol. The first-order valence-electron chi connectivity index (χ1n) is 7.76. The summed E-state index contributed by atoms with van der Waals surface area (Å²) < 4.78 is 13.1. The molecule has 2 nitrogen and oxygen atoms in total. The highest BCUT2D eigenvalue weighted by Gasteiger charge is 2.13. The van der Waals surface area contributed by atoms with Crippen LogP contribution in [-0.4, -0.2) is 9.97 Å². The summed E-state index contributed by atoms with van der Waals surface area (Å²) in [5, 5.41) is 0. The summed E-state index contributed by atoms with van der Waals surface area (Å²) in [4.78, 5) is 8.15. The zero-order valence-corrected chi connectivity index (χ0v) is 13.9. The van der Waals surface area contributed by atoms with Crippen LogP contribution in [0.15, 0.2) is 48.5 Å². The number of aryl methyl sites for hydroxylation is 1. The van der Waals surface area contributed by atoms with Crippen molar-refractivity contribution in [3.05, 3.63) is 65.6 Å². The summed E-state index contributed by atoms with van der Waals surface area (Å²) in [5.41, 5.74) is 5.25. The molecule has 2 aromatic carbocycles. The monoisotopic (exact) mass is 326 g/mol. The van der Waals surface area contributed by atoms with E-state index in [0.717, 1.165) is 46.9 Å². The lowest BCUT2D eigenvalue weighted by Gasteiger charge is -2.02. The standard InChI is InChI=1S/C19H19FN2S/c1-2-3-17-18(14-6-4-13(12-23)5-7-14)22-19(21-17)15-8-10-16(20)11-9-15/h4-11,23H,2-3,12H2,1H3,(H,21,22). The van der Waals surface area contributed by atoms with Gasteiger partial charge in [0.2, 0.25) is 0 Å². The van der Waals surface area contributed by atoms with E-state index in [0.29, 0.717) is 0 Å². The quantitative estimate of drug-likeness (QED) is 0.615. The maximum atomic E-state index is 13.1. The topological polar surface area (TPSA) is 28.7 Å². The van der Waals surface area contributed by atoms with Gasteiger partial charge in [0.25, 0.3) is 0 Å². The van der Waals surface area contributed by atoms with E-state index in [-0.39, 0.29) is 5.82 Å². The minimum Gasteiger partial charge on any atom is -0.341 e. The average molecular weight is 326 g/mol. The molecule has 0 aliphatic carbocycles. The molecule has 0 bridgehead atoms. The van der Waals surface area contributed by atoms with E-state index in [9.17, 15) is 4.39 Å². The number of halogens is 1. The number of rotatable bonds is 5. The smallest absolute Gasteiger partial charge is 0.138 e. The van der Waals surface area contributed by atoms with Crippen molar-refractivity contribution < 1.29 is 4.39 Å². The molecule has 0 fully saturated rings. The Labute approximate surface area is 141 Å². The van der Waals surface area contributed by atoms with Crippen LogP contribution < -0.4 is 0 Å². The third-order valence-electron chi connectivity index (χ3n) is 3.81. The molecule has 0 unspecified atom stereocenters. The number of benzene rings is 2. The molecular formula is C19H19FN2S. The number of aromatic amines is 1.